The number of aromatic hydroxyl groups is 1. The van der Waals surface area contributed by atoms with E-state index in [9.17, 15) is 22.7 Å². The summed E-state index contributed by atoms with van der Waals surface area (Å²) in [6.07, 6.45) is -4.52. The van der Waals surface area contributed by atoms with Crippen LogP contribution in [0.1, 0.15) is 5.56 Å². The molecule has 2 aromatic rings. The quantitative estimate of drug-likeness (QED) is 0.837. The van der Waals surface area contributed by atoms with Crippen LogP contribution in [0, 0.1) is 5.82 Å². The fourth-order valence-electron chi connectivity index (χ4n) is 1.84. The molecule has 0 amide bonds. The van der Waals surface area contributed by atoms with Crippen molar-refractivity contribution in [2.45, 2.75) is 6.18 Å². The first-order valence-electron chi connectivity index (χ1n) is 5.56. The minimum Gasteiger partial charge on any atom is -0.508 e. The van der Waals surface area contributed by atoms with E-state index in [1.54, 1.807) is 0 Å². The normalized spacial score (nSPS) is 11.4. The first-order chi connectivity index (χ1) is 9.31. The second-order valence-electron chi connectivity index (χ2n) is 4.11. The highest BCUT2D eigenvalue weighted by atomic mass is 19.4. The summed E-state index contributed by atoms with van der Waals surface area (Å²) in [6, 6.07) is 5.94. The molecule has 0 unspecified atom stereocenters. The van der Waals surface area contributed by atoms with Crippen LogP contribution in [0.5, 0.6) is 11.5 Å². The van der Waals surface area contributed by atoms with Crippen LogP contribution in [0.25, 0.3) is 11.1 Å². The molecule has 0 saturated heterocycles. The zero-order valence-electron chi connectivity index (χ0n) is 10.3. The zero-order chi connectivity index (χ0) is 14.9. The molecule has 2 rings (SSSR count). The van der Waals surface area contributed by atoms with E-state index in [0.29, 0.717) is 0 Å². The van der Waals surface area contributed by atoms with Gasteiger partial charge in [0.25, 0.3) is 0 Å². The second-order valence-corrected chi connectivity index (χ2v) is 4.11. The molecule has 106 valence electrons. The minimum absolute atomic E-state index is 0.0529. The standard InChI is InChI=1S/C14H10F4O2/c1-20-13-3-2-9(14(16,17)18)6-12(13)8-4-10(15)7-11(19)5-8/h2-7,19H,1H3. The third kappa shape index (κ3) is 2.84. The maximum Gasteiger partial charge on any atom is 0.416 e. The molecule has 0 aromatic heterocycles. The van der Waals surface area contributed by atoms with Gasteiger partial charge in [0, 0.05) is 11.6 Å². The summed E-state index contributed by atoms with van der Waals surface area (Å²) in [6.45, 7) is 0. The van der Waals surface area contributed by atoms with Crippen molar-refractivity contribution in [1.82, 2.24) is 0 Å². The Morgan fingerprint density at radius 1 is 1.05 bits per heavy atom. The Kier molecular flexibility index (Phi) is 3.57. The molecule has 0 heterocycles. The van der Waals surface area contributed by atoms with Crippen molar-refractivity contribution < 1.29 is 27.4 Å². The van der Waals surface area contributed by atoms with Gasteiger partial charge >= 0.3 is 6.18 Å². The summed E-state index contributed by atoms with van der Waals surface area (Å²) in [5, 5.41) is 9.34. The van der Waals surface area contributed by atoms with Crippen LogP contribution in [0.2, 0.25) is 0 Å². The first-order valence-corrected chi connectivity index (χ1v) is 5.56. The van der Waals surface area contributed by atoms with Crippen LogP contribution in [0.3, 0.4) is 0 Å². The first kappa shape index (κ1) is 14.2. The lowest BCUT2D eigenvalue weighted by Gasteiger charge is -2.13. The van der Waals surface area contributed by atoms with Crippen LogP contribution >= 0.6 is 0 Å². The number of alkyl halides is 3. The summed E-state index contributed by atoms with van der Waals surface area (Å²) >= 11 is 0. The van der Waals surface area contributed by atoms with Gasteiger partial charge in [-0.3, -0.25) is 0 Å². The molecule has 0 bridgehead atoms. The number of ether oxygens (including phenoxy) is 1. The summed E-state index contributed by atoms with van der Waals surface area (Å²) in [5.74, 6) is -0.970. The lowest BCUT2D eigenvalue weighted by Crippen LogP contribution is -2.05. The van der Waals surface area contributed by atoms with Crippen molar-refractivity contribution in [3.05, 3.63) is 47.8 Å². The number of rotatable bonds is 2. The van der Waals surface area contributed by atoms with Gasteiger partial charge < -0.3 is 9.84 Å². The van der Waals surface area contributed by atoms with Gasteiger partial charge in [-0.1, -0.05) is 0 Å². The van der Waals surface area contributed by atoms with Crippen molar-refractivity contribution in [3.63, 3.8) is 0 Å². The minimum atomic E-state index is -4.52. The van der Waals surface area contributed by atoms with Gasteiger partial charge in [0.05, 0.1) is 12.7 Å². The fraction of sp³-hybridized carbons (Fsp3) is 0.143. The molecule has 20 heavy (non-hydrogen) atoms. The van der Waals surface area contributed by atoms with Crippen molar-refractivity contribution in [2.24, 2.45) is 0 Å². The van der Waals surface area contributed by atoms with Crippen molar-refractivity contribution in [1.29, 1.82) is 0 Å². The Labute approximate surface area is 112 Å². The Morgan fingerprint density at radius 3 is 2.30 bits per heavy atom. The van der Waals surface area contributed by atoms with E-state index in [0.717, 1.165) is 30.3 Å². The van der Waals surface area contributed by atoms with Crippen molar-refractivity contribution in [3.8, 4) is 22.6 Å². The van der Waals surface area contributed by atoms with Gasteiger partial charge in [-0.2, -0.15) is 13.2 Å². The number of methoxy groups -OCH3 is 1. The molecular formula is C14H10F4O2. The highest BCUT2D eigenvalue weighted by Crippen LogP contribution is 2.38. The van der Waals surface area contributed by atoms with E-state index in [-0.39, 0.29) is 22.6 Å². The fourth-order valence-corrected chi connectivity index (χ4v) is 1.84. The summed E-state index contributed by atoms with van der Waals surface area (Å²) < 4.78 is 56.4. The van der Waals surface area contributed by atoms with Crippen LogP contribution in [0.15, 0.2) is 36.4 Å². The van der Waals surface area contributed by atoms with E-state index in [2.05, 4.69) is 0 Å². The van der Waals surface area contributed by atoms with E-state index in [1.165, 1.54) is 13.2 Å². The topological polar surface area (TPSA) is 29.5 Å². The molecule has 0 fully saturated rings. The Hall–Kier alpha value is -2.24. The maximum atomic E-state index is 13.3. The molecule has 0 saturated carbocycles. The van der Waals surface area contributed by atoms with E-state index in [4.69, 9.17) is 4.74 Å². The average Bonchev–Trinajstić information content (AvgIpc) is 2.35. The predicted molar refractivity (Wildman–Crippen MR) is 65.1 cm³/mol. The van der Waals surface area contributed by atoms with E-state index < -0.39 is 17.6 Å². The highest BCUT2D eigenvalue weighted by molar-refractivity contribution is 5.72. The van der Waals surface area contributed by atoms with E-state index >= 15 is 0 Å². The molecule has 2 nitrogen and oxygen atoms in total. The molecule has 0 atom stereocenters. The number of hydrogen-bond donors (Lipinski definition) is 1. The van der Waals surface area contributed by atoms with Crippen LogP contribution < -0.4 is 4.74 Å². The smallest absolute Gasteiger partial charge is 0.416 e. The number of benzene rings is 2. The Bertz CT molecular complexity index is 615. The molecule has 0 aliphatic carbocycles. The second kappa shape index (κ2) is 5.03. The average molecular weight is 286 g/mol. The van der Waals surface area contributed by atoms with Crippen molar-refractivity contribution in [2.75, 3.05) is 7.11 Å². The lowest BCUT2D eigenvalue weighted by atomic mass is 10.0. The summed E-state index contributed by atoms with van der Waals surface area (Å²) in [7, 11) is 1.30. The lowest BCUT2D eigenvalue weighted by molar-refractivity contribution is -0.137. The number of phenols is 1. The van der Waals surface area contributed by atoms with Gasteiger partial charge in [-0.15, -0.1) is 0 Å². The largest absolute Gasteiger partial charge is 0.508 e. The van der Waals surface area contributed by atoms with Crippen LogP contribution in [-0.4, -0.2) is 12.2 Å². The molecule has 0 radical (unpaired) electrons. The van der Waals surface area contributed by atoms with Gasteiger partial charge in [0.1, 0.15) is 17.3 Å². The molecule has 2 aromatic carbocycles. The molecule has 1 N–H and O–H groups in total. The maximum absolute atomic E-state index is 13.3. The number of phenolic OH excluding ortho intramolecular Hbond substituents is 1. The van der Waals surface area contributed by atoms with Crippen molar-refractivity contribution >= 4 is 0 Å². The SMILES string of the molecule is COc1ccc(C(F)(F)F)cc1-c1cc(O)cc(F)c1. The molecule has 0 aliphatic heterocycles. The van der Waals surface area contributed by atoms with Crippen LogP contribution in [0.4, 0.5) is 17.6 Å². The van der Waals surface area contributed by atoms with Gasteiger partial charge in [0.2, 0.25) is 0 Å². The van der Waals surface area contributed by atoms with Gasteiger partial charge in [0.15, 0.2) is 0 Å². The Balaban J connectivity index is 2.64. The number of halogens is 4. The van der Waals surface area contributed by atoms with E-state index in [1.807, 2.05) is 0 Å². The van der Waals surface area contributed by atoms with Gasteiger partial charge in [-0.05, 0) is 35.9 Å². The predicted octanol–water partition coefficient (Wildman–Crippen LogP) is 4.23. The summed E-state index contributed by atoms with van der Waals surface area (Å²) in [5.41, 5.74) is -0.723. The monoisotopic (exact) mass is 286 g/mol. The Morgan fingerprint density at radius 2 is 1.75 bits per heavy atom. The zero-order valence-corrected chi connectivity index (χ0v) is 10.3. The van der Waals surface area contributed by atoms with Crippen LogP contribution in [-0.2, 0) is 6.18 Å². The molecule has 0 spiro atoms. The molecule has 0 aliphatic rings. The molecular weight excluding hydrogens is 276 g/mol. The highest BCUT2D eigenvalue weighted by Gasteiger charge is 2.31. The van der Waals surface area contributed by atoms with Gasteiger partial charge in [-0.25, -0.2) is 4.39 Å². The number of hydrogen-bond acceptors (Lipinski definition) is 2. The molecule has 6 heteroatoms. The summed E-state index contributed by atoms with van der Waals surface area (Å²) in [4.78, 5) is 0. The third-order valence-corrected chi connectivity index (χ3v) is 2.72. The third-order valence-electron chi connectivity index (χ3n) is 2.72.